The van der Waals surface area contributed by atoms with Crippen LogP contribution in [-0.4, -0.2) is 24.4 Å². The Labute approximate surface area is 119 Å². The maximum atomic E-state index is 13.4. The van der Waals surface area contributed by atoms with Gasteiger partial charge in [0, 0.05) is 18.7 Å². The quantitative estimate of drug-likeness (QED) is 0.810. The van der Waals surface area contributed by atoms with Crippen molar-refractivity contribution in [2.24, 2.45) is 0 Å². The lowest BCUT2D eigenvalue weighted by Gasteiger charge is -2.23. The van der Waals surface area contributed by atoms with E-state index >= 15 is 0 Å². The van der Waals surface area contributed by atoms with Crippen molar-refractivity contribution in [2.45, 2.75) is 19.4 Å². The predicted octanol–water partition coefficient (Wildman–Crippen LogP) is 2.37. The molecule has 0 aliphatic carbocycles. The Morgan fingerprint density at radius 3 is 2.47 bits per heavy atom. The summed E-state index contributed by atoms with van der Waals surface area (Å²) in [4.78, 5) is 24.9. The average Bonchev–Trinajstić information content (AvgIpc) is 2.46. The van der Waals surface area contributed by atoms with E-state index in [4.69, 9.17) is 23.2 Å². The van der Waals surface area contributed by atoms with E-state index in [9.17, 15) is 14.0 Å². The summed E-state index contributed by atoms with van der Waals surface area (Å²) in [5.74, 6) is -1.22. The lowest BCUT2D eigenvalue weighted by Crippen LogP contribution is -2.42. The van der Waals surface area contributed by atoms with Gasteiger partial charge in [-0.1, -0.05) is 23.2 Å². The molecule has 0 saturated carbocycles. The molecule has 0 aromatic heterocycles. The van der Waals surface area contributed by atoms with Crippen molar-refractivity contribution in [1.29, 1.82) is 0 Å². The van der Waals surface area contributed by atoms with Crippen LogP contribution < -0.4 is 10.2 Å². The van der Waals surface area contributed by atoms with Gasteiger partial charge in [0.2, 0.25) is 11.8 Å². The van der Waals surface area contributed by atoms with Crippen LogP contribution in [-0.2, 0) is 9.59 Å². The summed E-state index contributed by atoms with van der Waals surface area (Å²) in [5, 5.41) is 2.24. The second kappa shape index (κ2) is 5.35. The molecule has 7 heteroatoms. The zero-order valence-corrected chi connectivity index (χ0v) is 11.6. The topological polar surface area (TPSA) is 49.4 Å². The number of nitrogens with one attached hydrogen (secondary N) is 1. The molecule has 1 unspecified atom stereocenters. The minimum absolute atomic E-state index is 0.161. The maximum Gasteiger partial charge on any atom is 0.249 e. The van der Waals surface area contributed by atoms with Crippen molar-refractivity contribution in [3.63, 3.8) is 0 Å². The van der Waals surface area contributed by atoms with E-state index < -0.39 is 11.9 Å². The average molecular weight is 305 g/mol. The van der Waals surface area contributed by atoms with Gasteiger partial charge in [-0.25, -0.2) is 4.39 Å². The van der Waals surface area contributed by atoms with Gasteiger partial charge in [0.05, 0.1) is 10.0 Å². The Balaban J connectivity index is 2.39. The molecule has 1 aliphatic heterocycles. The highest BCUT2D eigenvalue weighted by atomic mass is 35.5. The summed E-state index contributed by atoms with van der Waals surface area (Å²) in [6, 6.07) is 2.00. The number of hydrogen-bond acceptors (Lipinski definition) is 2. The van der Waals surface area contributed by atoms with Crippen LogP contribution in [0.1, 0.15) is 13.3 Å². The number of benzene rings is 1. The van der Waals surface area contributed by atoms with Gasteiger partial charge in [0.1, 0.15) is 6.04 Å². The fraction of sp³-hybridized carbons (Fsp3) is 0.333. The van der Waals surface area contributed by atoms with E-state index in [-0.39, 0.29) is 34.8 Å². The number of anilines is 1. The summed E-state index contributed by atoms with van der Waals surface area (Å²) >= 11 is 11.4. The molecule has 1 aromatic rings. The highest BCUT2D eigenvalue weighted by molar-refractivity contribution is 6.35. The molecule has 1 N–H and O–H groups in total. The maximum absolute atomic E-state index is 13.4. The largest absolute Gasteiger partial charge is 0.345 e. The summed E-state index contributed by atoms with van der Waals surface area (Å²) in [6.07, 6.45) is 0.169. The molecule has 1 aromatic carbocycles. The third kappa shape index (κ3) is 2.82. The molecule has 2 rings (SSSR count). The second-order valence-corrected chi connectivity index (χ2v) is 5.07. The van der Waals surface area contributed by atoms with Crippen molar-refractivity contribution in [2.75, 3.05) is 11.4 Å². The Hall–Kier alpha value is -1.33. The Morgan fingerprint density at radius 2 is 1.89 bits per heavy atom. The van der Waals surface area contributed by atoms with Crippen molar-refractivity contribution >= 4 is 40.7 Å². The molecule has 1 aliphatic rings. The molecule has 0 spiro atoms. The van der Waals surface area contributed by atoms with Crippen LogP contribution in [0, 0.1) is 5.82 Å². The summed E-state index contributed by atoms with van der Waals surface area (Å²) in [6.45, 7) is 1.79. The van der Waals surface area contributed by atoms with Crippen LogP contribution in [0.4, 0.5) is 10.1 Å². The van der Waals surface area contributed by atoms with E-state index in [1.54, 1.807) is 6.92 Å². The van der Waals surface area contributed by atoms with Crippen LogP contribution in [0.2, 0.25) is 10.0 Å². The highest BCUT2D eigenvalue weighted by Crippen LogP contribution is 2.30. The number of hydrogen-bond donors (Lipinski definition) is 1. The number of rotatable bonds is 1. The van der Waals surface area contributed by atoms with E-state index in [2.05, 4.69) is 5.32 Å². The zero-order chi connectivity index (χ0) is 14.2. The van der Waals surface area contributed by atoms with Crippen LogP contribution >= 0.6 is 23.2 Å². The monoisotopic (exact) mass is 304 g/mol. The SMILES string of the molecule is CC1NC(=O)CCN(c2cc(Cl)c(F)c(Cl)c2)C1=O. The van der Waals surface area contributed by atoms with Crippen LogP contribution in [0.3, 0.4) is 0 Å². The number of amides is 2. The number of carbonyl (C=O) groups is 2. The van der Waals surface area contributed by atoms with Gasteiger partial charge in [-0.05, 0) is 19.1 Å². The Bertz CT molecular complexity index is 528. The normalized spacial score (nSPS) is 20.2. The summed E-state index contributed by atoms with van der Waals surface area (Å²) in [5.41, 5.74) is 0.379. The van der Waals surface area contributed by atoms with Crippen LogP contribution in [0.15, 0.2) is 12.1 Å². The minimum Gasteiger partial charge on any atom is -0.345 e. The first kappa shape index (κ1) is 14.1. The van der Waals surface area contributed by atoms with E-state index in [0.29, 0.717) is 5.69 Å². The van der Waals surface area contributed by atoms with Gasteiger partial charge >= 0.3 is 0 Å². The molecule has 19 heavy (non-hydrogen) atoms. The highest BCUT2D eigenvalue weighted by Gasteiger charge is 2.28. The van der Waals surface area contributed by atoms with Crippen molar-refractivity contribution in [3.05, 3.63) is 28.0 Å². The van der Waals surface area contributed by atoms with Gasteiger partial charge < -0.3 is 10.2 Å². The first-order chi connectivity index (χ1) is 8.90. The molecule has 0 bridgehead atoms. The first-order valence-corrected chi connectivity index (χ1v) is 6.41. The third-order valence-corrected chi connectivity index (χ3v) is 3.41. The first-order valence-electron chi connectivity index (χ1n) is 5.65. The zero-order valence-electron chi connectivity index (χ0n) is 10.0. The lowest BCUT2D eigenvalue weighted by molar-refractivity contribution is -0.125. The van der Waals surface area contributed by atoms with Crippen molar-refractivity contribution in [3.8, 4) is 0 Å². The fourth-order valence-corrected chi connectivity index (χ4v) is 2.36. The Morgan fingerprint density at radius 1 is 1.32 bits per heavy atom. The van der Waals surface area contributed by atoms with Gasteiger partial charge in [-0.2, -0.15) is 0 Å². The van der Waals surface area contributed by atoms with Gasteiger partial charge in [0.15, 0.2) is 5.82 Å². The Kier molecular flexibility index (Phi) is 3.96. The molecule has 0 radical (unpaired) electrons. The van der Waals surface area contributed by atoms with Gasteiger partial charge in [-0.15, -0.1) is 0 Å². The minimum atomic E-state index is -0.725. The summed E-state index contributed by atoms with van der Waals surface area (Å²) in [7, 11) is 0. The van der Waals surface area contributed by atoms with E-state index in [1.807, 2.05) is 0 Å². The number of nitrogens with zero attached hydrogens (tertiary/aromatic N) is 1. The molecule has 1 atom stereocenters. The lowest BCUT2D eigenvalue weighted by atomic mass is 10.2. The predicted molar refractivity (Wildman–Crippen MR) is 71.0 cm³/mol. The molecular formula is C12H11Cl2FN2O2. The second-order valence-electron chi connectivity index (χ2n) is 4.25. The van der Waals surface area contributed by atoms with Gasteiger partial charge in [0.25, 0.3) is 0 Å². The smallest absolute Gasteiger partial charge is 0.249 e. The standard InChI is InChI=1S/C12H11Cl2FN2O2/c1-6-12(19)17(3-2-10(18)16-6)7-4-8(13)11(15)9(14)5-7/h4-6H,2-3H2,1H3,(H,16,18). The fourth-order valence-electron chi connectivity index (χ4n) is 1.89. The third-order valence-electron chi connectivity index (χ3n) is 2.86. The van der Waals surface area contributed by atoms with E-state index in [1.165, 1.54) is 17.0 Å². The molecular weight excluding hydrogens is 294 g/mol. The molecule has 4 nitrogen and oxygen atoms in total. The number of carbonyl (C=O) groups excluding carboxylic acids is 2. The van der Waals surface area contributed by atoms with Gasteiger partial charge in [-0.3, -0.25) is 9.59 Å². The summed E-state index contributed by atoms with van der Waals surface area (Å²) < 4.78 is 13.4. The van der Waals surface area contributed by atoms with Crippen molar-refractivity contribution in [1.82, 2.24) is 5.32 Å². The molecule has 2 amide bonds. The number of halogens is 3. The van der Waals surface area contributed by atoms with E-state index in [0.717, 1.165) is 0 Å². The van der Waals surface area contributed by atoms with Crippen LogP contribution in [0.5, 0.6) is 0 Å². The molecule has 1 fully saturated rings. The van der Waals surface area contributed by atoms with Crippen LogP contribution in [0.25, 0.3) is 0 Å². The molecule has 1 heterocycles. The molecule has 1 saturated heterocycles. The molecule has 102 valence electrons. The van der Waals surface area contributed by atoms with Crippen molar-refractivity contribution < 1.29 is 14.0 Å².